The molecule has 0 heterocycles. The molecule has 0 spiro atoms. The Hall–Kier alpha value is -5.41. The molecule has 0 N–H and O–H groups in total. The SMILES string of the molecule is COc1ccc(C(=O)/C(C)=C/c2ccc(N(C)C)cc2)c(OC)c1OC.COc1ccc(OC)c(C(=O)/C(Cl)=C/c2ccc(N(C)C)cc2)c1. The number of methoxy groups -OCH3 is 5. The molecule has 0 aromatic heterocycles. The van der Waals surface area contributed by atoms with Crippen LogP contribution >= 0.6 is 11.6 Å². The van der Waals surface area contributed by atoms with Gasteiger partial charge in [-0.25, -0.2) is 0 Å². The highest BCUT2D eigenvalue weighted by Gasteiger charge is 2.21. The van der Waals surface area contributed by atoms with Gasteiger partial charge in [-0.1, -0.05) is 35.9 Å². The van der Waals surface area contributed by atoms with E-state index < -0.39 is 0 Å². The maximum absolute atomic E-state index is 12.9. The molecule has 9 nitrogen and oxygen atoms in total. The molecule has 0 aliphatic rings. The highest BCUT2D eigenvalue weighted by atomic mass is 35.5. The number of halogens is 1. The quantitative estimate of drug-likeness (QED) is 0.101. The van der Waals surface area contributed by atoms with Gasteiger partial charge in [0.2, 0.25) is 11.5 Å². The van der Waals surface area contributed by atoms with Crippen LogP contribution in [0.4, 0.5) is 11.4 Å². The number of carbonyl (C=O) groups is 2. The second-order valence-electron chi connectivity index (χ2n) is 11.4. The van der Waals surface area contributed by atoms with Crippen molar-refractivity contribution in [1.82, 2.24) is 0 Å². The molecule has 0 amide bonds. The zero-order valence-corrected chi connectivity index (χ0v) is 31.0. The highest BCUT2D eigenvalue weighted by Crippen LogP contribution is 2.40. The van der Waals surface area contributed by atoms with E-state index in [0.29, 0.717) is 45.4 Å². The lowest BCUT2D eigenvalue weighted by atomic mass is 10.0. The highest BCUT2D eigenvalue weighted by molar-refractivity contribution is 6.47. The number of benzene rings is 4. The number of hydrogen-bond donors (Lipinski definition) is 0. The van der Waals surface area contributed by atoms with Crippen molar-refractivity contribution in [2.75, 3.05) is 73.5 Å². The van der Waals surface area contributed by atoms with E-state index in [1.54, 1.807) is 57.6 Å². The second kappa shape index (κ2) is 18.4. The molecular weight excluding hydrogens is 656 g/mol. The molecule has 4 aromatic rings. The summed E-state index contributed by atoms with van der Waals surface area (Å²) in [6.45, 7) is 1.79. The molecule has 50 heavy (non-hydrogen) atoms. The Bertz CT molecular complexity index is 1830. The van der Waals surface area contributed by atoms with Crippen LogP contribution in [0.15, 0.2) is 89.5 Å². The van der Waals surface area contributed by atoms with E-state index in [4.69, 9.17) is 35.3 Å². The number of hydrogen-bond acceptors (Lipinski definition) is 9. The number of nitrogens with zero attached hydrogens (tertiary/aromatic N) is 2. The lowest BCUT2D eigenvalue weighted by Crippen LogP contribution is -2.08. The normalized spacial score (nSPS) is 11.1. The van der Waals surface area contributed by atoms with Crippen LogP contribution < -0.4 is 33.5 Å². The van der Waals surface area contributed by atoms with Gasteiger partial charge >= 0.3 is 0 Å². The Kier molecular flexibility index (Phi) is 14.3. The van der Waals surface area contributed by atoms with Gasteiger partial charge in [0.25, 0.3) is 0 Å². The van der Waals surface area contributed by atoms with Crippen LogP contribution in [-0.4, -0.2) is 75.3 Å². The fraction of sp³-hybridized carbons (Fsp3) is 0.250. The van der Waals surface area contributed by atoms with E-state index in [0.717, 1.165) is 22.5 Å². The molecule has 0 atom stereocenters. The van der Waals surface area contributed by atoms with Gasteiger partial charge in [-0.15, -0.1) is 0 Å². The summed E-state index contributed by atoms with van der Waals surface area (Å²) in [4.78, 5) is 29.6. The van der Waals surface area contributed by atoms with Crippen molar-refractivity contribution >= 4 is 46.7 Å². The zero-order chi connectivity index (χ0) is 37.0. The molecule has 4 rings (SSSR count). The van der Waals surface area contributed by atoms with Gasteiger partial charge in [0.15, 0.2) is 17.3 Å². The van der Waals surface area contributed by atoms with Crippen molar-refractivity contribution in [1.29, 1.82) is 0 Å². The molecule has 0 bridgehead atoms. The topological polar surface area (TPSA) is 86.8 Å². The molecule has 0 radical (unpaired) electrons. The Morgan fingerprint density at radius 2 is 1.06 bits per heavy atom. The van der Waals surface area contributed by atoms with Gasteiger partial charge < -0.3 is 33.5 Å². The van der Waals surface area contributed by atoms with Crippen molar-refractivity contribution in [2.24, 2.45) is 0 Å². The maximum atomic E-state index is 12.9. The predicted molar refractivity (Wildman–Crippen MR) is 203 cm³/mol. The lowest BCUT2D eigenvalue weighted by Gasteiger charge is -2.15. The third-order valence-corrected chi connectivity index (χ3v) is 7.95. The van der Waals surface area contributed by atoms with Crippen LogP contribution in [0.25, 0.3) is 12.2 Å². The van der Waals surface area contributed by atoms with Gasteiger partial charge in [-0.3, -0.25) is 9.59 Å². The van der Waals surface area contributed by atoms with Gasteiger partial charge in [0.05, 0.1) is 51.7 Å². The number of ether oxygens (including phenoxy) is 5. The molecule has 0 aliphatic heterocycles. The summed E-state index contributed by atoms with van der Waals surface area (Å²) < 4.78 is 26.4. The summed E-state index contributed by atoms with van der Waals surface area (Å²) in [7, 11) is 15.5. The summed E-state index contributed by atoms with van der Waals surface area (Å²) in [6.07, 6.45) is 3.50. The molecule has 10 heteroatoms. The largest absolute Gasteiger partial charge is 0.497 e. The predicted octanol–water partition coefficient (Wildman–Crippen LogP) is 8.30. The average Bonchev–Trinajstić information content (AvgIpc) is 3.13. The van der Waals surface area contributed by atoms with Gasteiger partial charge in [0.1, 0.15) is 11.5 Å². The molecule has 0 aliphatic carbocycles. The first-order chi connectivity index (χ1) is 23.9. The Morgan fingerprint density at radius 1 is 0.560 bits per heavy atom. The summed E-state index contributed by atoms with van der Waals surface area (Å²) >= 11 is 6.23. The van der Waals surface area contributed by atoms with E-state index in [1.165, 1.54) is 21.3 Å². The molecule has 264 valence electrons. The van der Waals surface area contributed by atoms with Crippen molar-refractivity contribution in [3.63, 3.8) is 0 Å². The number of carbonyl (C=O) groups excluding carboxylic acids is 2. The van der Waals surface area contributed by atoms with Crippen molar-refractivity contribution < 1.29 is 33.3 Å². The smallest absolute Gasteiger partial charge is 0.208 e. The average molecular weight is 701 g/mol. The first-order valence-corrected chi connectivity index (χ1v) is 16.0. The molecule has 4 aromatic carbocycles. The third kappa shape index (κ3) is 9.83. The van der Waals surface area contributed by atoms with E-state index in [2.05, 4.69) is 0 Å². The van der Waals surface area contributed by atoms with E-state index in [9.17, 15) is 9.59 Å². The Labute approximate surface area is 300 Å². The first-order valence-electron chi connectivity index (χ1n) is 15.6. The fourth-order valence-corrected chi connectivity index (χ4v) is 5.11. The van der Waals surface area contributed by atoms with Crippen LogP contribution in [0.3, 0.4) is 0 Å². The fourth-order valence-electron chi connectivity index (χ4n) is 4.88. The van der Waals surface area contributed by atoms with E-state index in [1.807, 2.05) is 92.6 Å². The maximum Gasteiger partial charge on any atom is 0.208 e. The van der Waals surface area contributed by atoms with Crippen molar-refractivity contribution in [3.05, 3.63) is 112 Å². The number of anilines is 2. The minimum absolute atomic E-state index is 0.110. The summed E-state index contributed by atoms with van der Waals surface area (Å²) in [5.74, 6) is 1.87. The molecular formula is C40H45ClN2O7. The number of rotatable bonds is 13. The van der Waals surface area contributed by atoms with Gasteiger partial charge in [-0.2, -0.15) is 0 Å². The van der Waals surface area contributed by atoms with Gasteiger partial charge in [-0.05, 0) is 90.4 Å². The van der Waals surface area contributed by atoms with E-state index in [-0.39, 0.29) is 16.6 Å². The van der Waals surface area contributed by atoms with Crippen LogP contribution in [-0.2, 0) is 0 Å². The van der Waals surface area contributed by atoms with Crippen molar-refractivity contribution in [3.8, 4) is 28.7 Å². The number of ketones is 2. The van der Waals surface area contributed by atoms with Crippen LogP contribution in [0, 0.1) is 0 Å². The Balaban J connectivity index is 0.000000271. The van der Waals surface area contributed by atoms with Gasteiger partial charge in [0, 0.05) is 39.6 Å². The summed E-state index contributed by atoms with van der Waals surface area (Å²) in [6, 6.07) is 24.2. The van der Waals surface area contributed by atoms with Crippen molar-refractivity contribution in [2.45, 2.75) is 6.92 Å². The van der Waals surface area contributed by atoms with E-state index >= 15 is 0 Å². The Morgan fingerprint density at radius 3 is 1.52 bits per heavy atom. The summed E-state index contributed by atoms with van der Waals surface area (Å²) in [5, 5.41) is 0.110. The molecule has 0 unspecified atom stereocenters. The lowest BCUT2D eigenvalue weighted by molar-refractivity contribution is 0.102. The second-order valence-corrected chi connectivity index (χ2v) is 11.8. The third-order valence-electron chi connectivity index (χ3n) is 7.67. The number of Topliss-reactive ketones (excluding diaryl/α,β-unsaturated/α-hetero) is 2. The van der Waals surface area contributed by atoms with Crippen LogP contribution in [0.2, 0.25) is 0 Å². The molecule has 0 saturated carbocycles. The zero-order valence-electron chi connectivity index (χ0n) is 30.3. The minimum atomic E-state index is -0.316. The first kappa shape index (κ1) is 39.0. The minimum Gasteiger partial charge on any atom is -0.497 e. The molecule has 0 saturated heterocycles. The van der Waals surface area contributed by atoms with Crippen LogP contribution in [0.1, 0.15) is 38.8 Å². The number of allylic oxidation sites excluding steroid dienone is 2. The van der Waals surface area contributed by atoms with Crippen LogP contribution in [0.5, 0.6) is 28.7 Å². The monoisotopic (exact) mass is 700 g/mol. The standard InChI is InChI=1S/C21H25NO4.C19H20ClNO3/c1-14(13-15-7-9-16(10-8-15)22(2)3)19(23)17-11-12-18(24-4)21(26-6)20(17)25-5;1-21(2)14-7-5-13(6-8-14)11-17(20)19(22)16-12-15(23-3)9-10-18(16)24-4/h7-13H,1-6H3;5-12H,1-4H3/b14-13+;17-11-. The summed E-state index contributed by atoms with van der Waals surface area (Å²) in [5.41, 5.74) is 5.39. The molecule has 0 fully saturated rings.